The summed E-state index contributed by atoms with van der Waals surface area (Å²) in [4.78, 5) is 10.9. The van der Waals surface area contributed by atoms with E-state index in [1.807, 2.05) is 0 Å². The summed E-state index contributed by atoms with van der Waals surface area (Å²) in [5, 5.41) is 9.27. The van der Waals surface area contributed by atoms with E-state index in [1.54, 1.807) is 19.1 Å². The van der Waals surface area contributed by atoms with Crippen molar-refractivity contribution in [2.75, 3.05) is 6.61 Å². The van der Waals surface area contributed by atoms with E-state index < -0.39 is 5.97 Å². The molecule has 0 aromatic heterocycles. The Bertz CT molecular complexity index is 427. The lowest BCUT2D eigenvalue weighted by Gasteiger charge is -2.10. The number of aryl methyl sites for hydroxylation is 1. The first-order chi connectivity index (χ1) is 7.56. The second kappa shape index (κ2) is 5.77. The van der Waals surface area contributed by atoms with E-state index >= 15 is 0 Å². The van der Waals surface area contributed by atoms with Gasteiger partial charge in [-0.3, -0.25) is 0 Å². The molecular formula is C11H10Cl2O3. The molecule has 0 unspecified atom stereocenters. The van der Waals surface area contributed by atoms with Crippen LogP contribution in [0.3, 0.4) is 0 Å². The summed E-state index contributed by atoms with van der Waals surface area (Å²) < 4.78 is 5.32. The van der Waals surface area contributed by atoms with Crippen LogP contribution < -0.4 is 4.74 Å². The van der Waals surface area contributed by atoms with Crippen LogP contribution in [0.4, 0.5) is 0 Å². The number of halogens is 2. The maximum absolute atomic E-state index is 10.9. The van der Waals surface area contributed by atoms with Crippen LogP contribution in [0.25, 0.3) is 0 Å². The molecule has 5 heteroatoms. The Kier molecular flexibility index (Phi) is 4.65. The molecule has 0 spiro atoms. The van der Waals surface area contributed by atoms with Gasteiger partial charge in [0.2, 0.25) is 0 Å². The SMILES string of the molecule is Cc1cccc(C(=O)O)c1OCC(Cl)=CCl. The fourth-order valence-corrected chi connectivity index (χ4v) is 1.30. The van der Waals surface area contributed by atoms with Crippen LogP contribution in [-0.4, -0.2) is 17.7 Å². The number of para-hydroxylation sites is 1. The molecule has 1 N–H and O–H groups in total. The Balaban J connectivity index is 2.97. The molecule has 0 heterocycles. The number of benzene rings is 1. The molecule has 0 atom stereocenters. The Morgan fingerprint density at radius 2 is 2.25 bits per heavy atom. The largest absolute Gasteiger partial charge is 0.487 e. The molecule has 1 aromatic rings. The van der Waals surface area contributed by atoms with Gasteiger partial charge in [0, 0.05) is 5.54 Å². The van der Waals surface area contributed by atoms with Crippen LogP contribution in [-0.2, 0) is 0 Å². The summed E-state index contributed by atoms with van der Waals surface area (Å²) in [5.41, 5.74) is 2.03. The summed E-state index contributed by atoms with van der Waals surface area (Å²) in [5.74, 6) is -0.726. The lowest BCUT2D eigenvalue weighted by molar-refractivity contribution is 0.0692. The highest BCUT2D eigenvalue weighted by Gasteiger charge is 2.13. The number of carboxylic acid groups (broad SMARTS) is 1. The van der Waals surface area contributed by atoms with Crippen LogP contribution in [0.1, 0.15) is 15.9 Å². The smallest absolute Gasteiger partial charge is 0.339 e. The van der Waals surface area contributed by atoms with Crippen molar-refractivity contribution >= 4 is 29.2 Å². The highest BCUT2D eigenvalue weighted by Crippen LogP contribution is 2.24. The van der Waals surface area contributed by atoms with Crippen LogP contribution in [0.2, 0.25) is 0 Å². The van der Waals surface area contributed by atoms with E-state index in [0.29, 0.717) is 10.8 Å². The summed E-state index contributed by atoms with van der Waals surface area (Å²) >= 11 is 11.0. The minimum atomic E-state index is -1.04. The van der Waals surface area contributed by atoms with E-state index in [1.165, 1.54) is 11.6 Å². The zero-order chi connectivity index (χ0) is 12.1. The molecule has 0 aliphatic rings. The van der Waals surface area contributed by atoms with Gasteiger partial charge < -0.3 is 9.84 Å². The number of hydrogen-bond donors (Lipinski definition) is 1. The number of carbonyl (C=O) groups is 1. The van der Waals surface area contributed by atoms with Gasteiger partial charge in [0.1, 0.15) is 17.9 Å². The van der Waals surface area contributed by atoms with Crippen molar-refractivity contribution in [1.82, 2.24) is 0 Å². The summed E-state index contributed by atoms with van der Waals surface area (Å²) in [6.07, 6.45) is 0. The average molecular weight is 261 g/mol. The van der Waals surface area contributed by atoms with Gasteiger partial charge in [-0.1, -0.05) is 35.3 Å². The van der Waals surface area contributed by atoms with E-state index in [9.17, 15) is 4.79 Å². The van der Waals surface area contributed by atoms with E-state index in [2.05, 4.69) is 0 Å². The zero-order valence-electron chi connectivity index (χ0n) is 8.54. The molecule has 3 nitrogen and oxygen atoms in total. The Labute approximate surface area is 103 Å². The van der Waals surface area contributed by atoms with Gasteiger partial charge in [-0.15, -0.1) is 0 Å². The van der Waals surface area contributed by atoms with Crippen molar-refractivity contribution < 1.29 is 14.6 Å². The van der Waals surface area contributed by atoms with Crippen molar-refractivity contribution in [2.24, 2.45) is 0 Å². The Morgan fingerprint density at radius 1 is 1.56 bits per heavy atom. The number of ether oxygens (including phenoxy) is 1. The third kappa shape index (κ3) is 3.15. The molecule has 0 amide bonds. The van der Waals surface area contributed by atoms with Crippen molar-refractivity contribution in [2.45, 2.75) is 6.92 Å². The average Bonchev–Trinajstić information content (AvgIpc) is 2.26. The standard InChI is InChI=1S/C11H10Cl2O3/c1-7-3-2-4-9(11(14)15)10(7)16-6-8(13)5-12/h2-5H,6H2,1H3,(H,14,15). The highest BCUT2D eigenvalue weighted by molar-refractivity contribution is 6.36. The highest BCUT2D eigenvalue weighted by atomic mass is 35.5. The van der Waals surface area contributed by atoms with Crippen molar-refractivity contribution in [1.29, 1.82) is 0 Å². The van der Waals surface area contributed by atoms with Gasteiger partial charge in [-0.25, -0.2) is 4.79 Å². The summed E-state index contributed by atoms with van der Waals surface area (Å²) in [6, 6.07) is 4.90. The molecule has 0 radical (unpaired) electrons. The minimum absolute atomic E-state index is 0.0518. The van der Waals surface area contributed by atoms with Crippen molar-refractivity contribution in [3.05, 3.63) is 39.9 Å². The van der Waals surface area contributed by atoms with Crippen molar-refractivity contribution in [3.8, 4) is 5.75 Å². The van der Waals surface area contributed by atoms with Gasteiger partial charge in [0.25, 0.3) is 0 Å². The quantitative estimate of drug-likeness (QED) is 0.903. The second-order valence-corrected chi connectivity index (χ2v) is 3.81. The second-order valence-electron chi connectivity index (χ2n) is 3.10. The Hall–Kier alpha value is -1.19. The molecule has 0 aliphatic heterocycles. The van der Waals surface area contributed by atoms with E-state index in [4.69, 9.17) is 33.0 Å². The molecule has 0 bridgehead atoms. The predicted molar refractivity (Wildman–Crippen MR) is 63.4 cm³/mol. The van der Waals surface area contributed by atoms with Gasteiger partial charge in [0.15, 0.2) is 0 Å². The third-order valence-corrected chi connectivity index (χ3v) is 2.51. The summed E-state index contributed by atoms with van der Waals surface area (Å²) in [7, 11) is 0. The molecule has 0 saturated heterocycles. The fourth-order valence-electron chi connectivity index (χ4n) is 1.19. The molecule has 16 heavy (non-hydrogen) atoms. The third-order valence-electron chi connectivity index (χ3n) is 1.92. The lowest BCUT2D eigenvalue weighted by atomic mass is 10.1. The van der Waals surface area contributed by atoms with Gasteiger partial charge >= 0.3 is 5.97 Å². The number of carboxylic acids is 1. The first kappa shape index (κ1) is 12.9. The maximum Gasteiger partial charge on any atom is 0.339 e. The number of aromatic carboxylic acids is 1. The van der Waals surface area contributed by atoms with Gasteiger partial charge in [0.05, 0.1) is 5.03 Å². The fraction of sp³-hybridized carbons (Fsp3) is 0.182. The van der Waals surface area contributed by atoms with Gasteiger partial charge in [-0.2, -0.15) is 0 Å². The van der Waals surface area contributed by atoms with Crippen molar-refractivity contribution in [3.63, 3.8) is 0 Å². The molecule has 0 saturated carbocycles. The first-order valence-electron chi connectivity index (χ1n) is 4.46. The molecule has 86 valence electrons. The van der Waals surface area contributed by atoms with Gasteiger partial charge in [-0.05, 0) is 18.6 Å². The molecular weight excluding hydrogens is 251 g/mol. The maximum atomic E-state index is 10.9. The predicted octanol–water partition coefficient (Wildman–Crippen LogP) is 3.39. The zero-order valence-corrected chi connectivity index (χ0v) is 10.0. The van der Waals surface area contributed by atoms with Crippen LogP contribution >= 0.6 is 23.2 Å². The van der Waals surface area contributed by atoms with E-state index in [0.717, 1.165) is 5.56 Å². The minimum Gasteiger partial charge on any atom is -0.487 e. The number of rotatable bonds is 4. The first-order valence-corrected chi connectivity index (χ1v) is 5.28. The van der Waals surface area contributed by atoms with E-state index in [-0.39, 0.29) is 12.2 Å². The normalized spacial score (nSPS) is 11.3. The molecule has 1 aromatic carbocycles. The van der Waals surface area contributed by atoms with Crippen LogP contribution in [0.5, 0.6) is 5.75 Å². The number of hydrogen-bond acceptors (Lipinski definition) is 2. The van der Waals surface area contributed by atoms with Crippen LogP contribution in [0, 0.1) is 6.92 Å². The molecule has 0 aliphatic carbocycles. The lowest BCUT2D eigenvalue weighted by Crippen LogP contribution is -2.06. The Morgan fingerprint density at radius 3 is 2.81 bits per heavy atom. The topological polar surface area (TPSA) is 46.5 Å². The monoisotopic (exact) mass is 260 g/mol. The summed E-state index contributed by atoms with van der Waals surface area (Å²) in [6.45, 7) is 1.82. The molecule has 0 fully saturated rings. The van der Waals surface area contributed by atoms with Crippen LogP contribution in [0.15, 0.2) is 28.8 Å². The molecule has 1 rings (SSSR count).